The molecule has 3 aromatic rings. The fourth-order valence-electron chi connectivity index (χ4n) is 3.07. The topological polar surface area (TPSA) is 121 Å². The second-order valence-corrected chi connectivity index (χ2v) is 8.52. The largest absolute Gasteiger partial charge is 0.416 e. The third-order valence-electron chi connectivity index (χ3n) is 4.66. The van der Waals surface area contributed by atoms with Gasteiger partial charge in [-0.05, 0) is 43.2 Å². The molecule has 1 aliphatic heterocycles. The van der Waals surface area contributed by atoms with Gasteiger partial charge < -0.3 is 14.3 Å². The van der Waals surface area contributed by atoms with Crippen LogP contribution in [0.25, 0.3) is 11.6 Å². The van der Waals surface area contributed by atoms with Crippen LogP contribution in [0.1, 0.15) is 29.1 Å². The van der Waals surface area contributed by atoms with E-state index in [0.29, 0.717) is 13.1 Å². The summed E-state index contributed by atoms with van der Waals surface area (Å²) in [5, 5.41) is 7.49. The third-order valence-corrected chi connectivity index (χ3v) is 6.02. The molecule has 2 N–H and O–H groups in total. The van der Waals surface area contributed by atoms with Gasteiger partial charge in [-0.3, -0.25) is 9.52 Å². The zero-order chi connectivity index (χ0) is 22.2. The van der Waals surface area contributed by atoms with Crippen molar-refractivity contribution in [3.8, 4) is 11.6 Å². The molecule has 9 nitrogen and oxygen atoms in total. The highest BCUT2D eigenvalue weighted by atomic mass is 32.2. The second kappa shape index (κ2) is 7.72. The van der Waals surface area contributed by atoms with Gasteiger partial charge in [0.2, 0.25) is 0 Å². The molecule has 1 amide bonds. The quantitative estimate of drug-likeness (QED) is 0.610. The first-order valence-corrected chi connectivity index (χ1v) is 10.6. The van der Waals surface area contributed by atoms with E-state index in [1.807, 2.05) is 0 Å². The maximum Gasteiger partial charge on any atom is 0.416 e. The van der Waals surface area contributed by atoms with Crippen LogP contribution in [-0.4, -0.2) is 47.5 Å². The number of alkyl halides is 3. The molecule has 3 heterocycles. The second-order valence-electron chi connectivity index (χ2n) is 6.84. The predicted octanol–water partition coefficient (Wildman–Crippen LogP) is 3.12. The number of likely N-dealkylation sites (tertiary alicyclic amines) is 1. The van der Waals surface area contributed by atoms with Gasteiger partial charge in [0.05, 0.1) is 5.56 Å². The fourth-order valence-corrected chi connectivity index (χ4v) is 4.12. The van der Waals surface area contributed by atoms with Gasteiger partial charge >= 0.3 is 18.0 Å². The molecule has 13 heteroatoms. The SMILES string of the molecule is O=C(c1nnc(-c2cc(S(=O)(=O)Nc3ccc(C(F)(F)F)cc3)c[nH]2)o1)N1CCCC1. The highest BCUT2D eigenvalue weighted by Crippen LogP contribution is 2.30. The molecule has 1 saturated heterocycles. The van der Waals surface area contributed by atoms with Crippen LogP contribution in [0.4, 0.5) is 18.9 Å². The first-order valence-electron chi connectivity index (χ1n) is 9.15. The number of sulfonamides is 1. The van der Waals surface area contributed by atoms with Crippen molar-refractivity contribution in [2.24, 2.45) is 0 Å². The smallest absolute Gasteiger partial charge is 0.411 e. The molecule has 1 fully saturated rings. The molecule has 4 rings (SSSR count). The number of H-pyrrole nitrogens is 1. The van der Waals surface area contributed by atoms with Gasteiger partial charge in [-0.15, -0.1) is 10.2 Å². The number of benzene rings is 1. The van der Waals surface area contributed by atoms with Crippen molar-refractivity contribution in [1.29, 1.82) is 0 Å². The van der Waals surface area contributed by atoms with Crippen molar-refractivity contribution < 1.29 is 30.8 Å². The van der Waals surface area contributed by atoms with Crippen LogP contribution in [0, 0.1) is 0 Å². The van der Waals surface area contributed by atoms with Gasteiger partial charge in [0.15, 0.2) is 0 Å². The average molecular weight is 455 g/mol. The van der Waals surface area contributed by atoms with E-state index in [9.17, 15) is 26.4 Å². The molecule has 31 heavy (non-hydrogen) atoms. The van der Waals surface area contributed by atoms with E-state index in [0.717, 1.165) is 43.3 Å². The number of amides is 1. The molecule has 0 radical (unpaired) electrons. The Kier molecular flexibility index (Phi) is 5.21. The van der Waals surface area contributed by atoms with Gasteiger partial charge in [0.25, 0.3) is 15.9 Å². The van der Waals surface area contributed by atoms with Crippen LogP contribution < -0.4 is 4.72 Å². The Bertz CT molecular complexity index is 1200. The first kappa shape index (κ1) is 20.9. The zero-order valence-electron chi connectivity index (χ0n) is 15.8. The van der Waals surface area contributed by atoms with Gasteiger partial charge in [-0.1, -0.05) is 0 Å². The minimum atomic E-state index is -4.52. The van der Waals surface area contributed by atoms with E-state index in [2.05, 4.69) is 19.9 Å². The number of aromatic amines is 1. The molecule has 0 spiro atoms. The molecular weight excluding hydrogens is 439 g/mol. The minimum absolute atomic E-state index is 0.0352. The number of nitrogens with one attached hydrogen (secondary N) is 2. The van der Waals surface area contributed by atoms with E-state index in [-0.39, 0.29) is 34.0 Å². The van der Waals surface area contributed by atoms with Crippen LogP contribution >= 0.6 is 0 Å². The number of carbonyl (C=O) groups excluding carboxylic acids is 1. The average Bonchev–Trinajstić information content (AvgIpc) is 3.48. The zero-order valence-corrected chi connectivity index (χ0v) is 16.6. The van der Waals surface area contributed by atoms with Crippen LogP contribution in [0.5, 0.6) is 0 Å². The Hall–Kier alpha value is -3.35. The van der Waals surface area contributed by atoms with Crippen molar-refractivity contribution in [2.45, 2.75) is 23.9 Å². The molecular formula is C18H16F3N5O4S. The van der Waals surface area contributed by atoms with E-state index < -0.39 is 21.8 Å². The van der Waals surface area contributed by atoms with Crippen molar-refractivity contribution in [3.63, 3.8) is 0 Å². The molecule has 0 saturated carbocycles. The molecule has 0 aliphatic carbocycles. The standard InChI is InChI=1S/C18H16F3N5O4S/c19-18(20,21)11-3-5-12(6-4-11)25-31(28,29)13-9-14(22-10-13)15-23-24-16(30-15)17(27)26-7-1-2-8-26/h3-6,9-10,22,25H,1-2,7-8H2. The number of nitrogens with zero attached hydrogens (tertiary/aromatic N) is 3. The summed E-state index contributed by atoms with van der Waals surface area (Å²) in [7, 11) is -4.10. The maximum absolute atomic E-state index is 12.6. The summed E-state index contributed by atoms with van der Waals surface area (Å²) in [6.45, 7) is 1.22. The number of aromatic nitrogens is 3. The summed E-state index contributed by atoms with van der Waals surface area (Å²) in [6, 6.07) is 4.80. The van der Waals surface area contributed by atoms with Crippen molar-refractivity contribution in [2.75, 3.05) is 17.8 Å². The van der Waals surface area contributed by atoms with Crippen molar-refractivity contribution in [3.05, 3.63) is 48.0 Å². The van der Waals surface area contributed by atoms with Gasteiger partial charge in [-0.2, -0.15) is 13.2 Å². The van der Waals surface area contributed by atoms with Gasteiger partial charge in [-0.25, -0.2) is 8.42 Å². The number of anilines is 1. The Labute approximate surface area is 174 Å². The lowest BCUT2D eigenvalue weighted by molar-refractivity contribution is -0.137. The Morgan fingerprint density at radius 2 is 1.81 bits per heavy atom. The van der Waals surface area contributed by atoms with E-state index >= 15 is 0 Å². The number of halogens is 3. The molecule has 0 unspecified atom stereocenters. The predicted molar refractivity (Wildman–Crippen MR) is 101 cm³/mol. The Morgan fingerprint density at radius 1 is 1.13 bits per heavy atom. The third kappa shape index (κ3) is 4.40. The summed E-state index contributed by atoms with van der Waals surface area (Å²) in [5.41, 5.74) is -0.761. The van der Waals surface area contributed by atoms with E-state index in [1.165, 1.54) is 6.07 Å². The highest BCUT2D eigenvalue weighted by molar-refractivity contribution is 7.92. The maximum atomic E-state index is 12.6. The molecule has 2 aromatic heterocycles. The molecule has 0 atom stereocenters. The summed E-state index contributed by atoms with van der Waals surface area (Å²) < 4.78 is 70.6. The lowest BCUT2D eigenvalue weighted by atomic mass is 10.2. The van der Waals surface area contributed by atoms with Crippen LogP contribution in [0.15, 0.2) is 45.8 Å². The van der Waals surface area contributed by atoms with Crippen molar-refractivity contribution >= 4 is 21.6 Å². The van der Waals surface area contributed by atoms with Crippen LogP contribution in [0.2, 0.25) is 0 Å². The summed E-state index contributed by atoms with van der Waals surface area (Å²) >= 11 is 0. The first-order chi connectivity index (χ1) is 14.6. The van der Waals surface area contributed by atoms with E-state index in [4.69, 9.17) is 4.42 Å². The number of hydrogen-bond acceptors (Lipinski definition) is 6. The van der Waals surface area contributed by atoms with Gasteiger partial charge in [0, 0.05) is 25.0 Å². The normalized spacial score (nSPS) is 14.7. The molecule has 164 valence electrons. The van der Waals surface area contributed by atoms with E-state index in [1.54, 1.807) is 4.90 Å². The number of hydrogen-bond donors (Lipinski definition) is 2. The van der Waals surface area contributed by atoms with Crippen LogP contribution in [-0.2, 0) is 16.2 Å². The monoisotopic (exact) mass is 455 g/mol. The number of carbonyl (C=O) groups is 1. The minimum Gasteiger partial charge on any atom is -0.411 e. The highest BCUT2D eigenvalue weighted by Gasteiger charge is 2.30. The molecule has 1 aliphatic rings. The fraction of sp³-hybridized carbons (Fsp3) is 0.278. The van der Waals surface area contributed by atoms with Gasteiger partial charge in [0.1, 0.15) is 10.6 Å². The summed E-state index contributed by atoms with van der Waals surface area (Å²) in [4.78, 5) is 16.4. The lowest BCUT2D eigenvalue weighted by Gasteiger charge is -2.11. The molecule has 1 aromatic carbocycles. The Balaban J connectivity index is 1.49. The van der Waals surface area contributed by atoms with Crippen LogP contribution in [0.3, 0.4) is 0 Å². The Morgan fingerprint density at radius 3 is 2.45 bits per heavy atom. The summed E-state index contributed by atoms with van der Waals surface area (Å²) in [5.74, 6) is -0.656. The lowest BCUT2D eigenvalue weighted by Crippen LogP contribution is -2.27. The van der Waals surface area contributed by atoms with Crippen molar-refractivity contribution in [1.82, 2.24) is 20.1 Å². The molecule has 0 bridgehead atoms. The summed E-state index contributed by atoms with van der Waals surface area (Å²) in [6.07, 6.45) is -1.56. The number of rotatable bonds is 5.